The molecule has 0 radical (unpaired) electrons. The second-order valence-electron chi connectivity index (χ2n) is 16.2. The molecule has 6 aromatic carbocycles. The number of rotatable bonds is 21. The van der Waals surface area contributed by atoms with E-state index in [0.29, 0.717) is 49.7 Å². The number of hydrogen-bond acceptors (Lipinski definition) is 15. The molecule has 0 spiro atoms. The Hall–Kier alpha value is -7.78. The molecule has 370 valence electrons. The molecule has 8 rings (SSSR count). The smallest absolute Gasteiger partial charge is 0.407 e. The highest BCUT2D eigenvalue weighted by Gasteiger charge is 2.39. The van der Waals surface area contributed by atoms with E-state index in [1.165, 1.54) is 32.2 Å². The first-order valence-electron chi connectivity index (χ1n) is 22.0. The number of hydrogen-bond donors (Lipinski definition) is 3. The average molecular weight is 1030 g/mol. The first-order valence-corrected chi connectivity index (χ1v) is 25.8. The van der Waals surface area contributed by atoms with Gasteiger partial charge in [-0.25, -0.2) is 31.3 Å². The molecule has 0 saturated heterocycles. The largest absolute Gasteiger partial charge is 0.497 e. The summed E-state index contributed by atoms with van der Waals surface area (Å²) in [6.45, 7) is -2.06. The number of nitriles is 1. The minimum atomic E-state index is -5.10. The molecule has 0 fully saturated rings. The Kier molecular flexibility index (Phi) is 15.5. The molecule has 0 aliphatic rings. The fourth-order valence-corrected chi connectivity index (χ4v) is 12.3. The van der Waals surface area contributed by atoms with Crippen LogP contribution in [0.15, 0.2) is 143 Å². The molecule has 2 heterocycles. The Labute approximate surface area is 419 Å². The molecule has 0 aliphatic carbocycles. The fourth-order valence-electron chi connectivity index (χ4n) is 7.92. The van der Waals surface area contributed by atoms with Crippen molar-refractivity contribution in [3.8, 4) is 45.8 Å². The SMILES string of the molecule is COc1ccc(CN(Cc2ccc(OC)cc2)S(=O)(=O)c2c(S(=O)(=O)N[C@H](CO)CN(Cc3ccccc3)C(=O)O)ccc(-c3cccc4sc(C#N)nc34)c2-c2nnn(Cc3ccc(OC)cc3)n2)cc1. The van der Waals surface area contributed by atoms with Crippen LogP contribution in [0.25, 0.3) is 32.7 Å². The normalized spacial score (nSPS) is 12.1. The van der Waals surface area contributed by atoms with Gasteiger partial charge in [0, 0.05) is 31.7 Å². The molecular weight excluding hydrogens is 983 g/mol. The predicted molar refractivity (Wildman–Crippen MR) is 267 cm³/mol. The van der Waals surface area contributed by atoms with Crippen LogP contribution in [0.1, 0.15) is 27.3 Å². The summed E-state index contributed by atoms with van der Waals surface area (Å²) in [5.74, 6) is 1.35. The molecule has 8 aromatic rings. The zero-order chi connectivity index (χ0) is 51.0. The van der Waals surface area contributed by atoms with E-state index in [0.717, 1.165) is 32.2 Å². The molecule has 72 heavy (non-hydrogen) atoms. The molecule has 19 nitrogen and oxygen atoms in total. The van der Waals surface area contributed by atoms with Gasteiger partial charge >= 0.3 is 6.09 Å². The average Bonchev–Trinajstić information content (AvgIpc) is 4.05. The number of nitrogens with zero attached hydrogens (tertiary/aromatic N) is 8. The van der Waals surface area contributed by atoms with Crippen LogP contribution in [0.5, 0.6) is 17.2 Å². The zero-order valence-corrected chi connectivity index (χ0v) is 41.4. The Balaban J connectivity index is 1.37. The number of aliphatic hydroxyl groups is 1. The monoisotopic (exact) mass is 1030 g/mol. The molecule has 1 amide bonds. The van der Waals surface area contributed by atoms with Crippen molar-refractivity contribution in [3.63, 3.8) is 0 Å². The standard InChI is InChI=1S/C50H47N9O10S3/c1-67-38-18-12-34(13-19-38)28-58(29-35-14-20-39(68-2)21-15-35)72(65,66)48-44(71(63,64)55-37(32-60)31-57(50(61)62)27-33-8-5-4-6-9-33)25-24-41(42-10-7-11-43-47(42)52-45(26-51)70-43)46(48)49-53-56-59(54-49)30-36-16-22-40(69-3)23-17-36/h4-25,37,55,60H,27-32H2,1-3H3,(H,61,62)/t37-/m0/s1. The number of sulfonamides is 2. The fraction of sp³-hybridized carbons (Fsp3) is 0.200. The van der Waals surface area contributed by atoms with Gasteiger partial charge in [0.15, 0.2) is 5.01 Å². The van der Waals surface area contributed by atoms with Crippen molar-refractivity contribution in [3.05, 3.63) is 161 Å². The Morgan fingerprint density at radius 3 is 1.89 bits per heavy atom. The van der Waals surface area contributed by atoms with Gasteiger partial charge in [-0.2, -0.15) is 14.4 Å². The lowest BCUT2D eigenvalue weighted by Crippen LogP contribution is -2.47. The number of aliphatic hydroxyl groups excluding tert-OH is 1. The van der Waals surface area contributed by atoms with Gasteiger partial charge in [0.2, 0.25) is 25.9 Å². The summed E-state index contributed by atoms with van der Waals surface area (Å²) < 4.78 is 83.1. The highest BCUT2D eigenvalue weighted by Crippen LogP contribution is 2.44. The molecular formula is C50H47N9O10S3. The van der Waals surface area contributed by atoms with E-state index in [-0.39, 0.29) is 48.1 Å². The lowest BCUT2D eigenvalue weighted by molar-refractivity contribution is 0.130. The van der Waals surface area contributed by atoms with Crippen LogP contribution in [0.2, 0.25) is 0 Å². The number of nitrogens with one attached hydrogen (secondary N) is 1. The van der Waals surface area contributed by atoms with Gasteiger partial charge in [-0.15, -0.1) is 21.5 Å². The van der Waals surface area contributed by atoms with Gasteiger partial charge in [0.05, 0.1) is 56.3 Å². The number of ether oxygens (including phenoxy) is 3. The first-order chi connectivity index (χ1) is 34.7. The number of benzene rings is 6. The van der Waals surface area contributed by atoms with Crippen LogP contribution < -0.4 is 18.9 Å². The van der Waals surface area contributed by atoms with E-state index in [1.54, 1.807) is 121 Å². The summed E-state index contributed by atoms with van der Waals surface area (Å²) in [7, 11) is -5.63. The van der Waals surface area contributed by atoms with Crippen molar-refractivity contribution >= 4 is 47.7 Å². The lowest BCUT2D eigenvalue weighted by atomic mass is 9.98. The molecule has 22 heteroatoms. The summed E-state index contributed by atoms with van der Waals surface area (Å²) in [5, 5.41) is 44.4. The van der Waals surface area contributed by atoms with Gasteiger partial charge in [-0.1, -0.05) is 84.9 Å². The Morgan fingerprint density at radius 1 is 0.750 bits per heavy atom. The van der Waals surface area contributed by atoms with Crippen LogP contribution in [-0.2, 0) is 46.2 Å². The van der Waals surface area contributed by atoms with E-state index in [2.05, 4.69) is 26.1 Å². The number of aromatic nitrogens is 5. The van der Waals surface area contributed by atoms with Crippen molar-refractivity contribution in [2.75, 3.05) is 34.5 Å². The topological polar surface area (TPSA) is 252 Å². The van der Waals surface area contributed by atoms with Crippen LogP contribution in [0.3, 0.4) is 0 Å². The van der Waals surface area contributed by atoms with Crippen molar-refractivity contribution in [2.24, 2.45) is 0 Å². The van der Waals surface area contributed by atoms with Crippen molar-refractivity contribution < 1.29 is 46.1 Å². The highest BCUT2D eigenvalue weighted by atomic mass is 32.2. The first kappa shape index (κ1) is 50.6. The molecule has 2 aromatic heterocycles. The molecule has 3 N–H and O–H groups in total. The van der Waals surface area contributed by atoms with Crippen molar-refractivity contribution in [2.45, 2.75) is 42.0 Å². The van der Waals surface area contributed by atoms with Crippen LogP contribution in [-0.4, -0.2) is 108 Å². The molecule has 0 saturated carbocycles. The number of amides is 1. The molecule has 1 atom stereocenters. The zero-order valence-electron chi connectivity index (χ0n) is 39.0. The van der Waals surface area contributed by atoms with E-state index in [9.17, 15) is 20.3 Å². The summed E-state index contributed by atoms with van der Waals surface area (Å²) in [4.78, 5) is 17.8. The summed E-state index contributed by atoms with van der Waals surface area (Å²) in [5.41, 5.74) is 2.86. The van der Waals surface area contributed by atoms with Gasteiger partial charge in [-0.05, 0) is 81.6 Å². The number of carbonyl (C=O) groups is 1. The highest BCUT2D eigenvalue weighted by molar-refractivity contribution is 7.92. The van der Waals surface area contributed by atoms with Gasteiger partial charge in [0.25, 0.3) is 0 Å². The summed E-state index contributed by atoms with van der Waals surface area (Å²) in [6, 6.07) is 37.3. The number of thiazole rings is 1. The van der Waals surface area contributed by atoms with E-state index >= 15 is 16.8 Å². The minimum Gasteiger partial charge on any atom is -0.497 e. The maximum atomic E-state index is 16.2. The second-order valence-corrected chi connectivity index (χ2v) is 20.8. The molecule has 0 unspecified atom stereocenters. The minimum absolute atomic E-state index is 0.0590. The van der Waals surface area contributed by atoms with E-state index in [4.69, 9.17) is 19.3 Å². The predicted octanol–water partition coefficient (Wildman–Crippen LogP) is 6.77. The third-order valence-electron chi connectivity index (χ3n) is 11.5. The lowest BCUT2D eigenvalue weighted by Gasteiger charge is -2.28. The van der Waals surface area contributed by atoms with Crippen molar-refractivity contribution in [1.29, 1.82) is 5.26 Å². The quantitative estimate of drug-likeness (QED) is 0.0671. The number of fused-ring (bicyclic) bond motifs is 1. The van der Waals surface area contributed by atoms with Gasteiger partial charge < -0.3 is 29.3 Å². The van der Waals surface area contributed by atoms with E-state index < -0.39 is 55.1 Å². The van der Waals surface area contributed by atoms with E-state index in [1.807, 2.05) is 0 Å². The third-order valence-corrected chi connectivity index (χ3v) is 16.0. The maximum absolute atomic E-state index is 16.2. The number of para-hydroxylation sites is 1. The van der Waals surface area contributed by atoms with Crippen molar-refractivity contribution in [1.82, 2.24) is 39.1 Å². The van der Waals surface area contributed by atoms with Gasteiger partial charge in [0.1, 0.15) is 33.1 Å². The van der Waals surface area contributed by atoms with Crippen LogP contribution >= 0.6 is 11.3 Å². The van der Waals surface area contributed by atoms with Crippen LogP contribution in [0.4, 0.5) is 4.79 Å². The number of carboxylic acid groups (broad SMARTS) is 1. The summed E-state index contributed by atoms with van der Waals surface area (Å²) >= 11 is 1.11. The molecule has 0 bridgehead atoms. The van der Waals surface area contributed by atoms with Crippen LogP contribution in [0, 0.1) is 11.3 Å². The van der Waals surface area contributed by atoms with Gasteiger partial charge in [-0.3, -0.25) is 0 Å². The number of tetrazole rings is 1. The Bertz CT molecular complexity index is 3410. The number of methoxy groups -OCH3 is 3. The molecule has 0 aliphatic heterocycles. The summed E-state index contributed by atoms with van der Waals surface area (Å²) in [6.07, 6.45) is -1.39. The Morgan fingerprint density at radius 2 is 1.33 bits per heavy atom. The maximum Gasteiger partial charge on any atom is 0.407 e. The second kappa shape index (κ2) is 22.1. The third kappa shape index (κ3) is 11.4.